The molecule has 2 fully saturated rings. The smallest absolute Gasteiger partial charge is 0.235 e. The number of pyridine rings is 1. The van der Waals surface area contributed by atoms with Gasteiger partial charge in [0.1, 0.15) is 11.9 Å². The van der Waals surface area contributed by atoms with Crippen LogP contribution in [-0.4, -0.2) is 48.7 Å². The molecule has 1 aliphatic carbocycles. The molecule has 10 heteroatoms. The Balaban J connectivity index is 1.33. The maximum atomic E-state index is 13.0. The van der Waals surface area contributed by atoms with Crippen molar-refractivity contribution < 1.29 is 9.53 Å². The van der Waals surface area contributed by atoms with E-state index in [0.29, 0.717) is 24.0 Å². The summed E-state index contributed by atoms with van der Waals surface area (Å²) in [5.74, 6) is 1.36. The fraction of sp³-hybridized carbons (Fsp3) is 0.458. The first-order chi connectivity index (χ1) is 16.6. The summed E-state index contributed by atoms with van der Waals surface area (Å²) in [7, 11) is 0. The van der Waals surface area contributed by atoms with Gasteiger partial charge in [-0.15, -0.1) is 10.2 Å². The second-order valence-electron chi connectivity index (χ2n) is 8.77. The molecular weight excluding hydrogens is 450 g/mol. The molecule has 5 rings (SSSR count). The molecule has 1 N–H and O–H groups in total. The van der Waals surface area contributed by atoms with Crippen molar-refractivity contribution in [3.8, 4) is 17.5 Å². The van der Waals surface area contributed by atoms with E-state index in [9.17, 15) is 10.1 Å². The predicted octanol–water partition coefficient (Wildman–Crippen LogP) is 3.87. The van der Waals surface area contributed by atoms with Gasteiger partial charge in [-0.2, -0.15) is 5.26 Å². The Morgan fingerprint density at radius 3 is 2.74 bits per heavy atom. The van der Waals surface area contributed by atoms with Gasteiger partial charge < -0.3 is 14.6 Å². The van der Waals surface area contributed by atoms with E-state index in [1.54, 1.807) is 12.4 Å². The number of rotatable bonds is 8. The molecule has 1 saturated heterocycles. The molecule has 1 saturated carbocycles. The van der Waals surface area contributed by atoms with E-state index in [1.165, 1.54) is 11.8 Å². The zero-order valence-electron chi connectivity index (χ0n) is 19.3. The number of nitrogens with zero attached hydrogens (tertiary/aromatic N) is 6. The standard InChI is InChI=1S/C24H27N7O2S/c1-15-16(2)30(13-19-4-3-11-33-19)23(20(15)12-25)27-21(32)14-34-24-29-28-22(31(24)18-5-6-18)17-7-9-26-10-8-17/h7-10,18-19H,3-6,11,13-14H2,1-2H3,(H,27,32)/t19-/m1/s1. The molecule has 3 aromatic heterocycles. The third-order valence-corrected chi connectivity index (χ3v) is 7.40. The van der Waals surface area contributed by atoms with Crippen molar-refractivity contribution in [1.82, 2.24) is 24.3 Å². The van der Waals surface area contributed by atoms with Crippen molar-refractivity contribution in [1.29, 1.82) is 5.26 Å². The van der Waals surface area contributed by atoms with Gasteiger partial charge in [0, 0.05) is 36.3 Å². The van der Waals surface area contributed by atoms with Crippen LogP contribution in [0.15, 0.2) is 29.7 Å². The number of hydrogen-bond donors (Lipinski definition) is 1. The van der Waals surface area contributed by atoms with E-state index >= 15 is 0 Å². The predicted molar refractivity (Wildman–Crippen MR) is 128 cm³/mol. The molecule has 34 heavy (non-hydrogen) atoms. The largest absolute Gasteiger partial charge is 0.376 e. The number of hydrogen-bond acceptors (Lipinski definition) is 7. The van der Waals surface area contributed by atoms with Gasteiger partial charge in [0.05, 0.1) is 24.0 Å². The Morgan fingerprint density at radius 1 is 1.26 bits per heavy atom. The first-order valence-electron chi connectivity index (χ1n) is 11.6. The molecule has 1 atom stereocenters. The first-order valence-corrected chi connectivity index (χ1v) is 12.5. The highest BCUT2D eigenvalue weighted by Gasteiger charge is 2.30. The lowest BCUT2D eigenvalue weighted by molar-refractivity contribution is -0.113. The van der Waals surface area contributed by atoms with E-state index in [0.717, 1.165) is 60.1 Å². The monoisotopic (exact) mass is 477 g/mol. The van der Waals surface area contributed by atoms with Crippen LogP contribution in [0.5, 0.6) is 0 Å². The zero-order chi connectivity index (χ0) is 23.7. The van der Waals surface area contributed by atoms with Gasteiger partial charge >= 0.3 is 0 Å². The van der Waals surface area contributed by atoms with Crippen LogP contribution in [0.4, 0.5) is 5.82 Å². The summed E-state index contributed by atoms with van der Waals surface area (Å²) in [6, 6.07) is 6.47. The molecule has 1 amide bonds. The lowest BCUT2D eigenvalue weighted by Gasteiger charge is -2.17. The van der Waals surface area contributed by atoms with E-state index < -0.39 is 0 Å². The highest BCUT2D eigenvalue weighted by Crippen LogP contribution is 2.41. The van der Waals surface area contributed by atoms with Crippen LogP contribution in [0.25, 0.3) is 11.4 Å². The lowest BCUT2D eigenvalue weighted by atomic mass is 10.2. The summed E-state index contributed by atoms with van der Waals surface area (Å²) < 4.78 is 9.94. The summed E-state index contributed by atoms with van der Waals surface area (Å²) in [6.07, 6.45) is 7.77. The summed E-state index contributed by atoms with van der Waals surface area (Å²) >= 11 is 1.37. The Labute approximate surface area is 202 Å². The molecule has 0 bridgehead atoms. The van der Waals surface area contributed by atoms with Gasteiger partial charge in [0.2, 0.25) is 5.91 Å². The van der Waals surface area contributed by atoms with Crippen molar-refractivity contribution in [2.45, 2.75) is 63.4 Å². The van der Waals surface area contributed by atoms with Crippen molar-refractivity contribution >= 4 is 23.5 Å². The molecule has 2 aliphatic rings. The van der Waals surface area contributed by atoms with Crippen molar-refractivity contribution in [2.24, 2.45) is 0 Å². The number of anilines is 1. The molecular formula is C24H27N7O2S. The third kappa shape index (κ3) is 4.45. The SMILES string of the molecule is Cc1c(C#N)c(NC(=O)CSc2nnc(-c3ccncc3)n2C2CC2)n(C[C@H]2CCCO2)c1C. The summed E-state index contributed by atoms with van der Waals surface area (Å²) in [5.41, 5.74) is 3.33. The number of ether oxygens (including phenoxy) is 1. The van der Waals surface area contributed by atoms with Crippen LogP contribution < -0.4 is 5.32 Å². The zero-order valence-corrected chi connectivity index (χ0v) is 20.1. The molecule has 0 radical (unpaired) electrons. The minimum Gasteiger partial charge on any atom is -0.376 e. The Morgan fingerprint density at radius 2 is 2.06 bits per heavy atom. The molecule has 3 aromatic rings. The number of amides is 1. The maximum absolute atomic E-state index is 13.0. The second kappa shape index (κ2) is 9.60. The van der Waals surface area contributed by atoms with Crippen molar-refractivity contribution in [3.63, 3.8) is 0 Å². The lowest BCUT2D eigenvalue weighted by Crippen LogP contribution is -2.22. The van der Waals surface area contributed by atoms with Crippen LogP contribution in [-0.2, 0) is 16.1 Å². The summed E-state index contributed by atoms with van der Waals surface area (Å²) in [6.45, 7) is 5.29. The Bertz CT molecular complexity index is 1230. The fourth-order valence-electron chi connectivity index (χ4n) is 4.38. The number of carbonyl (C=O) groups excluding carboxylic acids is 1. The van der Waals surface area contributed by atoms with Gasteiger partial charge in [-0.05, 0) is 57.2 Å². The minimum atomic E-state index is -0.177. The number of aromatic nitrogens is 5. The Hall–Kier alpha value is -3.16. The molecule has 0 spiro atoms. The van der Waals surface area contributed by atoms with Gasteiger partial charge in [0.25, 0.3) is 0 Å². The molecule has 0 aromatic carbocycles. The van der Waals surface area contributed by atoms with Crippen LogP contribution in [0.1, 0.15) is 48.5 Å². The van der Waals surface area contributed by atoms with Crippen molar-refractivity contribution in [2.75, 3.05) is 17.7 Å². The second-order valence-corrected chi connectivity index (χ2v) is 9.71. The normalized spacial score (nSPS) is 17.6. The first kappa shape index (κ1) is 22.6. The fourth-order valence-corrected chi connectivity index (χ4v) is 5.19. The van der Waals surface area contributed by atoms with E-state index in [-0.39, 0.29) is 17.8 Å². The highest BCUT2D eigenvalue weighted by molar-refractivity contribution is 7.99. The number of nitrogens with one attached hydrogen (secondary N) is 1. The average molecular weight is 478 g/mol. The van der Waals surface area contributed by atoms with Gasteiger partial charge in [-0.1, -0.05) is 11.8 Å². The summed E-state index contributed by atoms with van der Waals surface area (Å²) in [4.78, 5) is 17.1. The number of carbonyl (C=O) groups is 1. The molecule has 9 nitrogen and oxygen atoms in total. The molecule has 0 unspecified atom stereocenters. The quantitative estimate of drug-likeness (QED) is 0.490. The van der Waals surface area contributed by atoms with Crippen LogP contribution in [0, 0.1) is 25.2 Å². The van der Waals surface area contributed by atoms with Crippen LogP contribution in [0.3, 0.4) is 0 Å². The minimum absolute atomic E-state index is 0.103. The average Bonchev–Trinajstić information content (AvgIpc) is 3.30. The van der Waals surface area contributed by atoms with Gasteiger partial charge in [-0.25, -0.2) is 0 Å². The number of nitriles is 1. The van der Waals surface area contributed by atoms with Gasteiger partial charge in [-0.3, -0.25) is 14.3 Å². The topological polar surface area (TPSA) is 111 Å². The Kier molecular flexibility index (Phi) is 6.39. The highest BCUT2D eigenvalue weighted by atomic mass is 32.2. The molecule has 176 valence electrons. The maximum Gasteiger partial charge on any atom is 0.235 e. The van der Waals surface area contributed by atoms with E-state index in [1.807, 2.05) is 30.5 Å². The van der Waals surface area contributed by atoms with Crippen molar-refractivity contribution in [3.05, 3.63) is 41.3 Å². The third-order valence-electron chi connectivity index (χ3n) is 6.46. The summed E-state index contributed by atoms with van der Waals surface area (Å²) in [5, 5.41) is 22.3. The number of thioether (sulfide) groups is 1. The molecule has 1 aliphatic heterocycles. The van der Waals surface area contributed by atoms with Gasteiger partial charge in [0.15, 0.2) is 11.0 Å². The van der Waals surface area contributed by atoms with Crippen LogP contribution >= 0.6 is 11.8 Å². The van der Waals surface area contributed by atoms with E-state index in [2.05, 4.69) is 31.1 Å². The van der Waals surface area contributed by atoms with Crippen LogP contribution in [0.2, 0.25) is 0 Å². The molecule has 4 heterocycles. The van der Waals surface area contributed by atoms with E-state index in [4.69, 9.17) is 4.74 Å².